The van der Waals surface area contributed by atoms with Crippen molar-refractivity contribution in [3.8, 4) is 5.75 Å². The van der Waals surface area contributed by atoms with Gasteiger partial charge in [0.25, 0.3) is 0 Å². The van der Waals surface area contributed by atoms with Gasteiger partial charge in [0, 0.05) is 25.2 Å². The van der Waals surface area contributed by atoms with Crippen LogP contribution in [0.3, 0.4) is 0 Å². The molecule has 1 N–H and O–H groups in total. The van der Waals surface area contributed by atoms with E-state index in [1.807, 2.05) is 72.8 Å². The smallest absolute Gasteiger partial charge is 0.232 e. The third-order valence-corrected chi connectivity index (χ3v) is 6.28. The largest absolute Gasteiger partial charge is 0.497 e. The van der Waals surface area contributed by atoms with E-state index in [1.165, 1.54) is 5.56 Å². The molecule has 3 aromatic carbocycles. The molecule has 160 valence electrons. The van der Waals surface area contributed by atoms with Crippen molar-refractivity contribution >= 4 is 5.91 Å². The monoisotopic (exact) mass is 415 g/mol. The number of rotatable bonds is 7. The van der Waals surface area contributed by atoms with Crippen molar-refractivity contribution < 1.29 is 14.3 Å². The summed E-state index contributed by atoms with van der Waals surface area (Å²) in [5, 5.41) is 3.29. The van der Waals surface area contributed by atoms with E-state index in [9.17, 15) is 4.79 Å². The number of carbonyl (C=O) groups excluding carboxylic acids is 1. The summed E-state index contributed by atoms with van der Waals surface area (Å²) in [6.45, 7) is 1.98. The molecule has 0 radical (unpaired) electrons. The molecule has 1 aliphatic heterocycles. The lowest BCUT2D eigenvalue weighted by molar-refractivity contribution is -0.122. The van der Waals surface area contributed by atoms with E-state index in [0.29, 0.717) is 19.8 Å². The van der Waals surface area contributed by atoms with Crippen LogP contribution in [0.15, 0.2) is 84.9 Å². The van der Waals surface area contributed by atoms with Crippen LogP contribution in [-0.2, 0) is 14.9 Å². The lowest BCUT2D eigenvalue weighted by atomic mass is 9.74. The third kappa shape index (κ3) is 4.80. The zero-order chi connectivity index (χ0) is 21.5. The first kappa shape index (κ1) is 21.1. The number of hydrogen-bond donors (Lipinski definition) is 1. The fourth-order valence-electron chi connectivity index (χ4n) is 4.42. The molecule has 0 unspecified atom stereocenters. The van der Waals surface area contributed by atoms with Crippen LogP contribution in [0.4, 0.5) is 0 Å². The van der Waals surface area contributed by atoms with Gasteiger partial charge in [-0.15, -0.1) is 0 Å². The minimum absolute atomic E-state index is 0.0248. The summed E-state index contributed by atoms with van der Waals surface area (Å²) in [4.78, 5) is 13.5. The molecule has 1 fully saturated rings. The van der Waals surface area contributed by atoms with E-state index in [-0.39, 0.29) is 17.2 Å². The maximum Gasteiger partial charge on any atom is 0.232 e. The summed E-state index contributed by atoms with van der Waals surface area (Å²) in [5.41, 5.74) is 3.07. The molecule has 0 bridgehead atoms. The molecule has 1 amide bonds. The lowest BCUT2D eigenvalue weighted by Crippen LogP contribution is -2.45. The van der Waals surface area contributed by atoms with Crippen molar-refractivity contribution in [1.82, 2.24) is 5.32 Å². The zero-order valence-corrected chi connectivity index (χ0v) is 17.9. The van der Waals surface area contributed by atoms with Gasteiger partial charge in [-0.05, 0) is 41.7 Å². The average molecular weight is 416 g/mol. The molecule has 1 heterocycles. The van der Waals surface area contributed by atoms with E-state index in [2.05, 4.69) is 17.4 Å². The molecule has 0 aromatic heterocycles. The minimum atomic E-state index is -0.338. The first-order chi connectivity index (χ1) is 15.2. The lowest BCUT2D eigenvalue weighted by Gasteiger charge is -2.38. The Morgan fingerprint density at radius 3 is 1.97 bits per heavy atom. The van der Waals surface area contributed by atoms with Gasteiger partial charge in [-0.1, -0.05) is 72.8 Å². The van der Waals surface area contributed by atoms with Crippen LogP contribution in [0.1, 0.15) is 35.4 Å². The number of benzene rings is 3. The molecular formula is C27H29NO3. The van der Waals surface area contributed by atoms with Gasteiger partial charge in [-0.25, -0.2) is 0 Å². The SMILES string of the molecule is COc1ccc(C2(CNC(=O)C(c3ccccc3)c3ccccc3)CCOCC2)cc1. The van der Waals surface area contributed by atoms with Gasteiger partial charge in [0.05, 0.1) is 13.0 Å². The second kappa shape index (κ2) is 9.80. The van der Waals surface area contributed by atoms with Gasteiger partial charge >= 0.3 is 0 Å². The van der Waals surface area contributed by atoms with Crippen LogP contribution in [0.25, 0.3) is 0 Å². The summed E-state index contributed by atoms with van der Waals surface area (Å²) in [7, 11) is 1.67. The maximum absolute atomic E-state index is 13.5. The standard InChI is InChI=1S/C27H29NO3/c1-30-24-14-12-23(13-15-24)27(16-18-31-19-17-27)20-28-26(29)25(21-8-4-2-5-9-21)22-10-6-3-7-11-22/h2-15,25H,16-20H2,1H3,(H,28,29). The molecule has 4 nitrogen and oxygen atoms in total. The van der Waals surface area contributed by atoms with Crippen molar-refractivity contribution in [2.24, 2.45) is 0 Å². The Morgan fingerprint density at radius 1 is 0.903 bits per heavy atom. The highest BCUT2D eigenvalue weighted by atomic mass is 16.5. The number of hydrogen-bond acceptors (Lipinski definition) is 3. The molecule has 0 atom stereocenters. The van der Waals surface area contributed by atoms with Crippen LogP contribution in [-0.4, -0.2) is 32.8 Å². The normalized spacial score (nSPS) is 15.4. The molecular weight excluding hydrogens is 386 g/mol. The first-order valence-electron chi connectivity index (χ1n) is 10.8. The van der Waals surface area contributed by atoms with Crippen molar-refractivity contribution in [3.05, 3.63) is 102 Å². The highest BCUT2D eigenvalue weighted by Crippen LogP contribution is 2.35. The van der Waals surface area contributed by atoms with E-state index in [4.69, 9.17) is 9.47 Å². The molecule has 0 saturated carbocycles. The molecule has 0 aliphatic carbocycles. The number of ether oxygens (including phenoxy) is 2. The Hall–Kier alpha value is -3.11. The fourth-order valence-corrected chi connectivity index (χ4v) is 4.42. The van der Waals surface area contributed by atoms with Gasteiger partial charge in [0.2, 0.25) is 5.91 Å². The molecule has 0 spiro atoms. The Kier molecular flexibility index (Phi) is 6.68. The molecule has 4 rings (SSSR count). The zero-order valence-electron chi connectivity index (χ0n) is 17.9. The third-order valence-electron chi connectivity index (χ3n) is 6.28. The van der Waals surface area contributed by atoms with Crippen molar-refractivity contribution in [2.45, 2.75) is 24.2 Å². The van der Waals surface area contributed by atoms with Gasteiger partial charge < -0.3 is 14.8 Å². The van der Waals surface area contributed by atoms with Gasteiger partial charge in [0.1, 0.15) is 5.75 Å². The van der Waals surface area contributed by atoms with E-state index in [1.54, 1.807) is 7.11 Å². The second-order valence-electron chi connectivity index (χ2n) is 8.09. The van der Waals surface area contributed by atoms with E-state index >= 15 is 0 Å². The summed E-state index contributed by atoms with van der Waals surface area (Å²) < 4.78 is 11.0. The molecule has 3 aromatic rings. The summed E-state index contributed by atoms with van der Waals surface area (Å²) in [5.74, 6) is 0.523. The van der Waals surface area contributed by atoms with Crippen LogP contribution in [0.5, 0.6) is 5.75 Å². The Morgan fingerprint density at radius 2 is 1.45 bits per heavy atom. The first-order valence-corrected chi connectivity index (χ1v) is 10.8. The molecule has 31 heavy (non-hydrogen) atoms. The van der Waals surface area contributed by atoms with Crippen molar-refractivity contribution in [1.29, 1.82) is 0 Å². The van der Waals surface area contributed by atoms with Crippen LogP contribution in [0, 0.1) is 0 Å². The summed E-state index contributed by atoms with van der Waals surface area (Å²) in [6, 6.07) is 28.2. The quantitative estimate of drug-likeness (QED) is 0.609. The predicted molar refractivity (Wildman–Crippen MR) is 122 cm³/mol. The van der Waals surface area contributed by atoms with Crippen LogP contribution < -0.4 is 10.1 Å². The number of nitrogens with one attached hydrogen (secondary N) is 1. The van der Waals surface area contributed by atoms with Gasteiger partial charge in [-0.3, -0.25) is 4.79 Å². The van der Waals surface area contributed by atoms with E-state index < -0.39 is 0 Å². The Bertz CT molecular complexity index is 925. The number of methoxy groups -OCH3 is 1. The maximum atomic E-state index is 13.5. The predicted octanol–water partition coefficient (Wildman–Crippen LogP) is 4.69. The van der Waals surface area contributed by atoms with Gasteiger partial charge in [-0.2, -0.15) is 0 Å². The summed E-state index contributed by atoms with van der Waals surface area (Å²) >= 11 is 0. The van der Waals surface area contributed by atoms with Crippen LogP contribution in [0.2, 0.25) is 0 Å². The fraction of sp³-hybridized carbons (Fsp3) is 0.296. The second-order valence-corrected chi connectivity index (χ2v) is 8.09. The average Bonchev–Trinajstić information content (AvgIpc) is 2.85. The molecule has 1 aliphatic rings. The Balaban J connectivity index is 1.58. The number of amides is 1. The van der Waals surface area contributed by atoms with Crippen molar-refractivity contribution in [3.63, 3.8) is 0 Å². The Labute approximate surface area is 184 Å². The highest BCUT2D eigenvalue weighted by Gasteiger charge is 2.36. The van der Waals surface area contributed by atoms with Crippen LogP contribution >= 0.6 is 0 Å². The van der Waals surface area contributed by atoms with Crippen molar-refractivity contribution in [2.75, 3.05) is 26.9 Å². The van der Waals surface area contributed by atoms with E-state index in [0.717, 1.165) is 29.7 Å². The number of carbonyl (C=O) groups is 1. The topological polar surface area (TPSA) is 47.6 Å². The molecule has 1 saturated heterocycles. The molecule has 4 heteroatoms. The minimum Gasteiger partial charge on any atom is -0.497 e. The van der Waals surface area contributed by atoms with Gasteiger partial charge in [0.15, 0.2) is 0 Å². The highest BCUT2D eigenvalue weighted by molar-refractivity contribution is 5.87. The summed E-state index contributed by atoms with van der Waals surface area (Å²) in [6.07, 6.45) is 1.75.